The third-order valence-corrected chi connectivity index (χ3v) is 4.52. The second kappa shape index (κ2) is 9.30. The summed E-state index contributed by atoms with van der Waals surface area (Å²) in [6.07, 6.45) is 5.40. The zero-order chi connectivity index (χ0) is 21.5. The molecule has 1 atom stereocenters. The number of rotatable bonds is 6. The Bertz CT molecular complexity index is 1070. The first kappa shape index (κ1) is 20.5. The topological polar surface area (TPSA) is 95.7 Å². The first-order valence-electron chi connectivity index (χ1n) is 9.25. The van der Waals surface area contributed by atoms with Gasteiger partial charge in [0.15, 0.2) is 0 Å². The number of phenolic OH excluding ortho intramolecular Hbond substituents is 1. The molecular weight excluding hydrogens is 378 g/mol. The number of phenols is 1. The van der Waals surface area contributed by atoms with E-state index in [-0.39, 0.29) is 12.3 Å². The SMILES string of the molecule is C#CC(=O)N(c1cccc(O)c1)C(C(=O)NCc1ccccc1)c1ccc(N)cc1. The van der Waals surface area contributed by atoms with Crippen LogP contribution in [-0.2, 0) is 16.1 Å². The largest absolute Gasteiger partial charge is 0.508 e. The van der Waals surface area contributed by atoms with Crippen LogP contribution >= 0.6 is 0 Å². The maximum atomic E-state index is 13.3. The summed E-state index contributed by atoms with van der Waals surface area (Å²) in [5, 5.41) is 12.7. The van der Waals surface area contributed by atoms with Gasteiger partial charge in [-0.25, -0.2) is 0 Å². The van der Waals surface area contributed by atoms with Crippen molar-refractivity contribution in [2.24, 2.45) is 0 Å². The summed E-state index contributed by atoms with van der Waals surface area (Å²) in [5.41, 5.74) is 8.05. The molecule has 0 aliphatic heterocycles. The highest BCUT2D eigenvalue weighted by Crippen LogP contribution is 2.30. The molecule has 0 saturated heterocycles. The number of nitrogens with two attached hydrogens (primary N) is 1. The lowest BCUT2D eigenvalue weighted by Gasteiger charge is -2.30. The Balaban J connectivity index is 2.02. The molecule has 3 rings (SSSR count). The van der Waals surface area contributed by atoms with E-state index in [2.05, 4.69) is 11.2 Å². The van der Waals surface area contributed by atoms with Crippen LogP contribution in [0, 0.1) is 12.3 Å². The molecule has 0 aromatic heterocycles. The molecule has 4 N–H and O–H groups in total. The Morgan fingerprint density at radius 1 is 1.03 bits per heavy atom. The van der Waals surface area contributed by atoms with Crippen LogP contribution in [0.25, 0.3) is 0 Å². The minimum Gasteiger partial charge on any atom is -0.508 e. The van der Waals surface area contributed by atoms with Gasteiger partial charge in [0.05, 0.1) is 0 Å². The summed E-state index contributed by atoms with van der Waals surface area (Å²) in [6, 6.07) is 21.0. The summed E-state index contributed by atoms with van der Waals surface area (Å²) >= 11 is 0. The second-order valence-corrected chi connectivity index (χ2v) is 6.61. The number of nitrogen functional groups attached to an aromatic ring is 1. The van der Waals surface area contributed by atoms with Gasteiger partial charge in [0.25, 0.3) is 0 Å². The molecule has 3 aromatic rings. The Labute approximate surface area is 175 Å². The molecule has 1 unspecified atom stereocenters. The van der Waals surface area contributed by atoms with E-state index in [4.69, 9.17) is 12.2 Å². The van der Waals surface area contributed by atoms with Crippen LogP contribution in [0.4, 0.5) is 11.4 Å². The van der Waals surface area contributed by atoms with Gasteiger partial charge in [0, 0.05) is 24.0 Å². The molecule has 30 heavy (non-hydrogen) atoms. The van der Waals surface area contributed by atoms with Crippen molar-refractivity contribution in [3.05, 3.63) is 90.0 Å². The van der Waals surface area contributed by atoms with E-state index >= 15 is 0 Å². The summed E-state index contributed by atoms with van der Waals surface area (Å²) in [7, 11) is 0. The highest BCUT2D eigenvalue weighted by atomic mass is 16.3. The number of amides is 2. The molecule has 3 aromatic carbocycles. The Kier molecular flexibility index (Phi) is 6.36. The van der Waals surface area contributed by atoms with Crippen molar-refractivity contribution in [1.82, 2.24) is 5.32 Å². The molecule has 0 saturated carbocycles. The van der Waals surface area contributed by atoms with Crippen LogP contribution in [-0.4, -0.2) is 16.9 Å². The number of anilines is 2. The fourth-order valence-corrected chi connectivity index (χ4v) is 3.07. The molecule has 0 aliphatic rings. The predicted octanol–water partition coefficient (Wildman–Crippen LogP) is 3.00. The predicted molar refractivity (Wildman–Crippen MR) is 116 cm³/mol. The third-order valence-electron chi connectivity index (χ3n) is 4.52. The molecule has 6 heteroatoms. The smallest absolute Gasteiger partial charge is 0.303 e. The van der Waals surface area contributed by atoms with E-state index in [0.717, 1.165) is 5.56 Å². The van der Waals surface area contributed by atoms with Crippen LogP contribution in [0.15, 0.2) is 78.9 Å². The highest BCUT2D eigenvalue weighted by molar-refractivity contribution is 6.09. The lowest BCUT2D eigenvalue weighted by atomic mass is 10.0. The van der Waals surface area contributed by atoms with Gasteiger partial charge in [0.1, 0.15) is 11.8 Å². The zero-order valence-electron chi connectivity index (χ0n) is 16.2. The van der Waals surface area contributed by atoms with Gasteiger partial charge < -0.3 is 16.2 Å². The summed E-state index contributed by atoms with van der Waals surface area (Å²) in [4.78, 5) is 27.1. The van der Waals surface area contributed by atoms with Crippen molar-refractivity contribution in [3.63, 3.8) is 0 Å². The number of terminal acetylenes is 1. The summed E-state index contributed by atoms with van der Waals surface area (Å²) in [5.74, 6) is 0.890. The number of carbonyl (C=O) groups excluding carboxylic acids is 2. The van der Waals surface area contributed by atoms with Gasteiger partial charge in [-0.15, -0.1) is 6.42 Å². The van der Waals surface area contributed by atoms with Crippen molar-refractivity contribution in [1.29, 1.82) is 0 Å². The van der Waals surface area contributed by atoms with Gasteiger partial charge in [-0.2, -0.15) is 0 Å². The molecule has 150 valence electrons. The zero-order valence-corrected chi connectivity index (χ0v) is 16.2. The molecule has 2 amide bonds. The lowest BCUT2D eigenvalue weighted by molar-refractivity contribution is -0.125. The standard InChI is InChI=1S/C24H21N3O3/c1-2-22(29)27(20-9-6-10-21(28)15-20)23(18-11-13-19(25)14-12-18)24(30)26-16-17-7-4-3-5-8-17/h1,3-15,23,28H,16,25H2,(H,26,30). The minimum absolute atomic E-state index is 0.0527. The van der Waals surface area contributed by atoms with Gasteiger partial charge >= 0.3 is 5.91 Å². The van der Waals surface area contributed by atoms with Crippen molar-refractivity contribution < 1.29 is 14.7 Å². The highest BCUT2D eigenvalue weighted by Gasteiger charge is 2.32. The number of nitrogens with one attached hydrogen (secondary N) is 1. The second-order valence-electron chi connectivity index (χ2n) is 6.61. The van der Waals surface area contributed by atoms with E-state index in [9.17, 15) is 14.7 Å². The average Bonchev–Trinajstić information content (AvgIpc) is 2.77. The number of carbonyl (C=O) groups is 2. The van der Waals surface area contributed by atoms with Crippen molar-refractivity contribution in [2.75, 3.05) is 10.6 Å². The Morgan fingerprint density at radius 2 is 1.73 bits per heavy atom. The van der Waals surface area contributed by atoms with E-state index < -0.39 is 17.9 Å². The number of aromatic hydroxyl groups is 1. The van der Waals surface area contributed by atoms with E-state index in [1.165, 1.54) is 17.0 Å². The summed E-state index contributed by atoms with van der Waals surface area (Å²) in [6.45, 7) is 0.281. The van der Waals surface area contributed by atoms with Crippen LogP contribution in [0.2, 0.25) is 0 Å². The first-order chi connectivity index (χ1) is 14.5. The van der Waals surface area contributed by atoms with Crippen molar-refractivity contribution in [3.8, 4) is 18.1 Å². The normalized spacial score (nSPS) is 11.2. The van der Waals surface area contributed by atoms with Crippen LogP contribution in [0.1, 0.15) is 17.2 Å². The number of hydrogen-bond acceptors (Lipinski definition) is 4. The van der Waals surface area contributed by atoms with Gasteiger partial charge in [-0.3, -0.25) is 14.5 Å². The Morgan fingerprint density at radius 3 is 2.37 bits per heavy atom. The van der Waals surface area contributed by atoms with Crippen LogP contribution < -0.4 is 16.0 Å². The van der Waals surface area contributed by atoms with E-state index in [0.29, 0.717) is 16.9 Å². The number of benzene rings is 3. The van der Waals surface area contributed by atoms with Crippen molar-refractivity contribution >= 4 is 23.2 Å². The lowest BCUT2D eigenvalue weighted by Crippen LogP contribution is -2.43. The fraction of sp³-hybridized carbons (Fsp3) is 0.0833. The maximum Gasteiger partial charge on any atom is 0.303 e. The van der Waals surface area contributed by atoms with Crippen LogP contribution in [0.5, 0.6) is 5.75 Å². The van der Waals surface area contributed by atoms with Gasteiger partial charge in [-0.1, -0.05) is 48.5 Å². The van der Waals surface area contributed by atoms with E-state index in [1.54, 1.807) is 36.4 Å². The molecule has 0 heterocycles. The molecule has 0 bridgehead atoms. The third kappa shape index (κ3) is 4.78. The average molecular weight is 399 g/mol. The molecule has 0 aliphatic carbocycles. The van der Waals surface area contributed by atoms with Gasteiger partial charge in [0.2, 0.25) is 5.91 Å². The monoisotopic (exact) mass is 399 g/mol. The Hall–Kier alpha value is -4.24. The van der Waals surface area contributed by atoms with Crippen LogP contribution in [0.3, 0.4) is 0 Å². The number of hydrogen-bond donors (Lipinski definition) is 3. The number of nitrogens with zero attached hydrogens (tertiary/aromatic N) is 1. The van der Waals surface area contributed by atoms with Gasteiger partial charge in [-0.05, 0) is 41.3 Å². The molecule has 6 nitrogen and oxygen atoms in total. The molecular formula is C24H21N3O3. The first-order valence-corrected chi connectivity index (χ1v) is 9.25. The van der Waals surface area contributed by atoms with Crippen molar-refractivity contribution in [2.45, 2.75) is 12.6 Å². The quantitative estimate of drug-likeness (QED) is 0.439. The molecule has 0 fully saturated rings. The summed E-state index contributed by atoms with van der Waals surface area (Å²) < 4.78 is 0. The van der Waals surface area contributed by atoms with E-state index in [1.807, 2.05) is 30.3 Å². The minimum atomic E-state index is -1.06. The molecule has 0 spiro atoms. The fourth-order valence-electron chi connectivity index (χ4n) is 3.07. The molecule has 0 radical (unpaired) electrons. The maximum absolute atomic E-state index is 13.3.